The van der Waals surface area contributed by atoms with Crippen LogP contribution in [0.1, 0.15) is 0 Å². The molecule has 0 aliphatic heterocycles. The molecular weight excluding hydrogens is 220 g/mol. The van der Waals surface area contributed by atoms with Crippen molar-refractivity contribution in [2.75, 3.05) is 0 Å². The normalized spacial score (nSPS) is 10.8. The fourth-order valence-corrected chi connectivity index (χ4v) is 1.78. The smallest absolute Gasteiger partial charge is 0.271 e. The van der Waals surface area contributed by atoms with Crippen molar-refractivity contribution in [1.82, 2.24) is 15.2 Å². The van der Waals surface area contributed by atoms with Gasteiger partial charge in [-0.3, -0.25) is 15.2 Å². The first-order valence-electron chi connectivity index (χ1n) is 5.01. The van der Waals surface area contributed by atoms with Gasteiger partial charge in [0, 0.05) is 23.7 Å². The van der Waals surface area contributed by atoms with E-state index in [1.54, 1.807) is 12.3 Å². The second-order valence-electron chi connectivity index (χ2n) is 3.67. The second kappa shape index (κ2) is 3.44. The van der Waals surface area contributed by atoms with Gasteiger partial charge in [0.25, 0.3) is 5.69 Å². The minimum Gasteiger partial charge on any atom is -0.353 e. The highest BCUT2D eigenvalue weighted by molar-refractivity contribution is 5.86. The maximum absolute atomic E-state index is 10.7. The van der Waals surface area contributed by atoms with Crippen LogP contribution in [0.2, 0.25) is 0 Å². The predicted octanol–water partition coefficient (Wildman–Crippen LogP) is 2.47. The fraction of sp³-hybridized carbons (Fsp3) is 0. The quantitative estimate of drug-likeness (QED) is 0.521. The van der Waals surface area contributed by atoms with Gasteiger partial charge < -0.3 is 4.98 Å². The number of H-pyrrole nitrogens is 2. The van der Waals surface area contributed by atoms with E-state index in [-0.39, 0.29) is 5.69 Å². The molecule has 0 saturated carbocycles. The van der Waals surface area contributed by atoms with E-state index < -0.39 is 4.92 Å². The predicted molar refractivity (Wildman–Crippen MR) is 62.5 cm³/mol. The van der Waals surface area contributed by atoms with E-state index in [1.165, 1.54) is 12.1 Å². The third kappa shape index (κ3) is 1.55. The van der Waals surface area contributed by atoms with Crippen molar-refractivity contribution in [3.8, 4) is 11.4 Å². The number of rotatable bonds is 2. The van der Waals surface area contributed by atoms with Gasteiger partial charge in [-0.05, 0) is 18.2 Å². The van der Waals surface area contributed by atoms with Crippen LogP contribution in [0.5, 0.6) is 0 Å². The number of aromatic nitrogens is 3. The van der Waals surface area contributed by atoms with E-state index in [0.29, 0.717) is 0 Å². The number of nitro benzene ring substituents is 1. The molecule has 0 unspecified atom stereocenters. The van der Waals surface area contributed by atoms with E-state index in [9.17, 15) is 10.1 Å². The number of aromatic amines is 2. The Bertz CT molecular complexity index is 685. The van der Waals surface area contributed by atoms with Crippen LogP contribution in [-0.2, 0) is 0 Å². The van der Waals surface area contributed by atoms with Gasteiger partial charge in [-0.25, -0.2) is 0 Å². The highest BCUT2D eigenvalue weighted by Crippen LogP contribution is 2.25. The fourth-order valence-electron chi connectivity index (χ4n) is 1.78. The van der Waals surface area contributed by atoms with Gasteiger partial charge in [-0.1, -0.05) is 0 Å². The molecule has 0 atom stereocenters. The monoisotopic (exact) mass is 228 g/mol. The standard InChI is InChI=1S/C11H8N4O2/c16-15(17)8-2-1-7-5-11(13-10(7)6-8)9-3-4-12-14-9/h1-6,13H,(H,12,14). The first-order valence-corrected chi connectivity index (χ1v) is 5.01. The van der Waals surface area contributed by atoms with Gasteiger partial charge in [0.05, 0.1) is 16.1 Å². The topological polar surface area (TPSA) is 87.6 Å². The van der Waals surface area contributed by atoms with E-state index in [0.717, 1.165) is 22.3 Å². The third-order valence-electron chi connectivity index (χ3n) is 2.59. The lowest BCUT2D eigenvalue weighted by Crippen LogP contribution is -1.86. The first kappa shape index (κ1) is 9.59. The van der Waals surface area contributed by atoms with Crippen LogP contribution in [0, 0.1) is 10.1 Å². The van der Waals surface area contributed by atoms with Crippen molar-refractivity contribution in [1.29, 1.82) is 0 Å². The molecule has 0 aliphatic carbocycles. The maximum Gasteiger partial charge on any atom is 0.271 e. The molecule has 6 nitrogen and oxygen atoms in total. The molecule has 3 aromatic rings. The minimum absolute atomic E-state index is 0.0768. The molecule has 84 valence electrons. The summed E-state index contributed by atoms with van der Waals surface area (Å²) in [5.41, 5.74) is 2.43. The van der Waals surface area contributed by atoms with Crippen molar-refractivity contribution >= 4 is 16.6 Å². The van der Waals surface area contributed by atoms with E-state index in [2.05, 4.69) is 15.2 Å². The Morgan fingerprint density at radius 1 is 1.24 bits per heavy atom. The zero-order chi connectivity index (χ0) is 11.8. The summed E-state index contributed by atoms with van der Waals surface area (Å²) in [7, 11) is 0. The number of nitrogens with one attached hydrogen (secondary N) is 2. The first-order chi connectivity index (χ1) is 8.24. The minimum atomic E-state index is -0.408. The molecule has 0 spiro atoms. The summed E-state index contributed by atoms with van der Waals surface area (Å²) in [6.07, 6.45) is 1.73. The Kier molecular flexibility index (Phi) is 1.94. The molecule has 0 bridgehead atoms. The van der Waals surface area contributed by atoms with Crippen LogP contribution in [-0.4, -0.2) is 20.1 Å². The van der Waals surface area contributed by atoms with Crippen LogP contribution in [0.4, 0.5) is 5.69 Å². The van der Waals surface area contributed by atoms with E-state index >= 15 is 0 Å². The van der Waals surface area contributed by atoms with Crippen LogP contribution >= 0.6 is 0 Å². The molecule has 3 rings (SSSR count). The molecule has 2 N–H and O–H groups in total. The van der Waals surface area contributed by atoms with Crippen molar-refractivity contribution in [3.05, 3.63) is 46.6 Å². The van der Waals surface area contributed by atoms with Crippen LogP contribution < -0.4 is 0 Å². The molecule has 17 heavy (non-hydrogen) atoms. The molecule has 1 aromatic carbocycles. The lowest BCUT2D eigenvalue weighted by Gasteiger charge is -1.90. The van der Waals surface area contributed by atoms with Crippen molar-refractivity contribution in [2.24, 2.45) is 0 Å². The molecule has 0 saturated heterocycles. The Labute approximate surface area is 95.4 Å². The highest BCUT2D eigenvalue weighted by atomic mass is 16.6. The van der Waals surface area contributed by atoms with Gasteiger partial charge in [0.15, 0.2) is 0 Å². The molecule has 0 amide bonds. The van der Waals surface area contributed by atoms with Crippen LogP contribution in [0.25, 0.3) is 22.3 Å². The summed E-state index contributed by atoms with van der Waals surface area (Å²) in [6.45, 7) is 0. The Balaban J connectivity index is 2.16. The maximum atomic E-state index is 10.7. The van der Waals surface area contributed by atoms with Crippen molar-refractivity contribution in [2.45, 2.75) is 0 Å². The van der Waals surface area contributed by atoms with Gasteiger partial charge in [0.2, 0.25) is 0 Å². The molecule has 2 aromatic heterocycles. The summed E-state index contributed by atoms with van der Waals surface area (Å²) in [5, 5.41) is 18.4. The zero-order valence-electron chi connectivity index (χ0n) is 8.68. The molecule has 0 aliphatic rings. The summed E-state index contributed by atoms with van der Waals surface area (Å²) >= 11 is 0. The highest BCUT2D eigenvalue weighted by Gasteiger charge is 2.09. The number of nitrogens with zero attached hydrogens (tertiary/aromatic N) is 2. The number of benzene rings is 1. The zero-order valence-corrected chi connectivity index (χ0v) is 8.68. The summed E-state index contributed by atoms with van der Waals surface area (Å²) in [5.74, 6) is 0. The SMILES string of the molecule is O=[N+]([O-])c1ccc2cc(-c3cc[nH]n3)[nH]c2c1. The number of hydrogen-bond acceptors (Lipinski definition) is 3. The van der Waals surface area contributed by atoms with Crippen LogP contribution in [0.15, 0.2) is 36.5 Å². The van der Waals surface area contributed by atoms with Gasteiger partial charge in [-0.2, -0.15) is 5.10 Å². The summed E-state index contributed by atoms with van der Waals surface area (Å²) in [6, 6.07) is 8.48. The number of nitro groups is 1. The lowest BCUT2D eigenvalue weighted by molar-refractivity contribution is -0.384. The van der Waals surface area contributed by atoms with Crippen LogP contribution in [0.3, 0.4) is 0 Å². The largest absolute Gasteiger partial charge is 0.353 e. The lowest BCUT2D eigenvalue weighted by atomic mass is 10.2. The second-order valence-corrected chi connectivity index (χ2v) is 3.67. The van der Waals surface area contributed by atoms with Gasteiger partial charge in [0.1, 0.15) is 5.69 Å². The third-order valence-corrected chi connectivity index (χ3v) is 2.59. The Morgan fingerprint density at radius 2 is 2.12 bits per heavy atom. The summed E-state index contributed by atoms with van der Waals surface area (Å²) < 4.78 is 0. The number of hydrogen-bond donors (Lipinski definition) is 2. The Hall–Kier alpha value is -2.63. The van der Waals surface area contributed by atoms with Crippen molar-refractivity contribution < 1.29 is 4.92 Å². The van der Waals surface area contributed by atoms with Gasteiger partial charge >= 0.3 is 0 Å². The molecule has 0 radical (unpaired) electrons. The van der Waals surface area contributed by atoms with Gasteiger partial charge in [-0.15, -0.1) is 0 Å². The van der Waals surface area contributed by atoms with Crippen molar-refractivity contribution in [3.63, 3.8) is 0 Å². The molecule has 0 fully saturated rings. The van der Waals surface area contributed by atoms with E-state index in [1.807, 2.05) is 12.1 Å². The van der Waals surface area contributed by atoms with E-state index in [4.69, 9.17) is 0 Å². The molecule has 2 heterocycles. The average molecular weight is 228 g/mol. The number of non-ortho nitro benzene ring substituents is 1. The Morgan fingerprint density at radius 3 is 2.82 bits per heavy atom. The average Bonchev–Trinajstić information content (AvgIpc) is 2.96. The molecular formula is C11H8N4O2. The summed E-state index contributed by atoms with van der Waals surface area (Å²) in [4.78, 5) is 13.4. The molecule has 6 heteroatoms. The number of fused-ring (bicyclic) bond motifs is 1.